The number of carbonyl (C=O) groups excluding carboxylic acids is 1. The van der Waals surface area contributed by atoms with Crippen LogP contribution in [0.5, 0.6) is 0 Å². The molecule has 1 aromatic carbocycles. The van der Waals surface area contributed by atoms with Crippen LogP contribution >= 0.6 is 0 Å². The molecule has 0 aliphatic heterocycles. The number of hydrogen-bond acceptors (Lipinski definition) is 3. The quantitative estimate of drug-likeness (QED) is 0.793. The zero-order chi connectivity index (χ0) is 12.7. The molecule has 0 aliphatic carbocycles. The van der Waals surface area contributed by atoms with Gasteiger partial charge in [0.2, 0.25) is 5.91 Å². The van der Waals surface area contributed by atoms with Gasteiger partial charge in [-0.25, -0.2) is 0 Å². The largest absolute Gasteiger partial charge is 0.377 e. The highest BCUT2D eigenvalue weighted by molar-refractivity contribution is 5.95. The zero-order valence-corrected chi connectivity index (χ0v) is 10.4. The summed E-state index contributed by atoms with van der Waals surface area (Å²) >= 11 is 0. The minimum Gasteiger partial charge on any atom is -0.377 e. The van der Waals surface area contributed by atoms with Crippen LogP contribution in [0.25, 0.3) is 0 Å². The molecule has 1 rings (SSSR count). The van der Waals surface area contributed by atoms with E-state index < -0.39 is 6.04 Å². The SMILES string of the molecule is CCOCc1ccccc1NC(=O)C(N)CC. The van der Waals surface area contributed by atoms with E-state index in [2.05, 4.69) is 5.32 Å². The maximum absolute atomic E-state index is 11.7. The molecule has 0 saturated carbocycles. The Hall–Kier alpha value is -1.39. The number of nitrogens with two attached hydrogens (primary N) is 1. The average Bonchev–Trinajstić information content (AvgIpc) is 2.36. The first-order valence-electron chi connectivity index (χ1n) is 5.91. The molecule has 1 aromatic rings. The molecular weight excluding hydrogens is 216 g/mol. The fraction of sp³-hybridized carbons (Fsp3) is 0.462. The summed E-state index contributed by atoms with van der Waals surface area (Å²) in [4.78, 5) is 11.7. The lowest BCUT2D eigenvalue weighted by Crippen LogP contribution is -2.35. The van der Waals surface area contributed by atoms with Crippen molar-refractivity contribution in [1.29, 1.82) is 0 Å². The predicted molar refractivity (Wildman–Crippen MR) is 68.7 cm³/mol. The minimum absolute atomic E-state index is 0.156. The predicted octanol–water partition coefficient (Wildman–Crippen LogP) is 1.90. The second kappa shape index (κ2) is 7.04. The summed E-state index contributed by atoms with van der Waals surface area (Å²) in [6, 6.07) is 7.12. The first kappa shape index (κ1) is 13.7. The minimum atomic E-state index is -0.463. The van der Waals surface area contributed by atoms with Crippen molar-refractivity contribution in [2.75, 3.05) is 11.9 Å². The number of amides is 1. The van der Waals surface area contributed by atoms with Crippen LogP contribution < -0.4 is 11.1 Å². The summed E-state index contributed by atoms with van der Waals surface area (Å²) < 4.78 is 5.35. The van der Waals surface area contributed by atoms with Gasteiger partial charge in [0, 0.05) is 17.9 Å². The lowest BCUT2D eigenvalue weighted by molar-refractivity contribution is -0.117. The highest BCUT2D eigenvalue weighted by Crippen LogP contribution is 2.16. The number of para-hydroxylation sites is 1. The van der Waals surface area contributed by atoms with E-state index in [1.54, 1.807) is 0 Å². The molecule has 1 atom stereocenters. The van der Waals surface area contributed by atoms with Gasteiger partial charge in [0.05, 0.1) is 12.6 Å². The van der Waals surface area contributed by atoms with E-state index in [9.17, 15) is 4.79 Å². The summed E-state index contributed by atoms with van der Waals surface area (Å²) in [5.41, 5.74) is 7.41. The van der Waals surface area contributed by atoms with Crippen LogP contribution in [-0.4, -0.2) is 18.6 Å². The molecule has 0 saturated heterocycles. The van der Waals surface area contributed by atoms with E-state index >= 15 is 0 Å². The normalized spacial score (nSPS) is 12.2. The summed E-state index contributed by atoms with van der Waals surface area (Å²) in [6.07, 6.45) is 0.624. The second-order valence-corrected chi connectivity index (χ2v) is 3.80. The Morgan fingerprint density at radius 1 is 1.41 bits per heavy atom. The van der Waals surface area contributed by atoms with Gasteiger partial charge in [0.15, 0.2) is 0 Å². The molecule has 0 fully saturated rings. The van der Waals surface area contributed by atoms with Crippen LogP contribution in [0.1, 0.15) is 25.8 Å². The molecule has 94 valence electrons. The number of rotatable bonds is 6. The Bertz CT molecular complexity index is 366. The second-order valence-electron chi connectivity index (χ2n) is 3.80. The van der Waals surface area contributed by atoms with Crippen molar-refractivity contribution in [3.05, 3.63) is 29.8 Å². The van der Waals surface area contributed by atoms with E-state index in [-0.39, 0.29) is 5.91 Å². The van der Waals surface area contributed by atoms with Crippen molar-refractivity contribution in [3.8, 4) is 0 Å². The maximum Gasteiger partial charge on any atom is 0.241 e. The number of nitrogens with one attached hydrogen (secondary N) is 1. The third-order valence-corrected chi connectivity index (χ3v) is 2.51. The average molecular weight is 236 g/mol. The fourth-order valence-electron chi connectivity index (χ4n) is 1.39. The Labute approximate surface area is 102 Å². The van der Waals surface area contributed by atoms with Gasteiger partial charge in [0.1, 0.15) is 0 Å². The van der Waals surface area contributed by atoms with Gasteiger partial charge in [-0.05, 0) is 19.4 Å². The third kappa shape index (κ3) is 4.17. The molecule has 17 heavy (non-hydrogen) atoms. The van der Waals surface area contributed by atoms with Crippen LogP contribution in [-0.2, 0) is 16.1 Å². The van der Waals surface area contributed by atoms with Crippen LogP contribution in [0.3, 0.4) is 0 Å². The molecule has 3 N–H and O–H groups in total. The number of carbonyl (C=O) groups is 1. The highest BCUT2D eigenvalue weighted by Gasteiger charge is 2.12. The first-order valence-corrected chi connectivity index (χ1v) is 5.91. The molecule has 0 aromatic heterocycles. The Morgan fingerprint density at radius 2 is 2.12 bits per heavy atom. The molecule has 4 heteroatoms. The van der Waals surface area contributed by atoms with E-state index in [4.69, 9.17) is 10.5 Å². The van der Waals surface area contributed by atoms with Crippen molar-refractivity contribution < 1.29 is 9.53 Å². The molecule has 4 nitrogen and oxygen atoms in total. The summed E-state index contributed by atoms with van der Waals surface area (Å²) in [5, 5.41) is 2.83. The van der Waals surface area contributed by atoms with Gasteiger partial charge in [-0.2, -0.15) is 0 Å². The summed E-state index contributed by atoms with van der Waals surface area (Å²) in [7, 11) is 0. The van der Waals surface area contributed by atoms with Crippen LogP contribution in [0.2, 0.25) is 0 Å². The lowest BCUT2D eigenvalue weighted by Gasteiger charge is -2.13. The molecule has 0 heterocycles. The highest BCUT2D eigenvalue weighted by atomic mass is 16.5. The monoisotopic (exact) mass is 236 g/mol. The Balaban J connectivity index is 2.72. The van der Waals surface area contributed by atoms with Gasteiger partial charge in [-0.3, -0.25) is 4.79 Å². The Morgan fingerprint density at radius 3 is 2.76 bits per heavy atom. The van der Waals surface area contributed by atoms with E-state index in [1.165, 1.54) is 0 Å². The molecule has 0 spiro atoms. The van der Waals surface area contributed by atoms with Crippen LogP contribution in [0, 0.1) is 0 Å². The summed E-state index contributed by atoms with van der Waals surface area (Å²) in [5.74, 6) is -0.156. The number of ether oxygens (including phenoxy) is 1. The maximum atomic E-state index is 11.7. The number of hydrogen-bond donors (Lipinski definition) is 2. The van der Waals surface area contributed by atoms with E-state index in [0.717, 1.165) is 11.3 Å². The van der Waals surface area contributed by atoms with Crippen molar-refractivity contribution in [3.63, 3.8) is 0 Å². The molecular formula is C13H20N2O2. The van der Waals surface area contributed by atoms with Crippen molar-refractivity contribution in [2.45, 2.75) is 32.9 Å². The Kier molecular flexibility index (Phi) is 5.66. The van der Waals surface area contributed by atoms with Crippen LogP contribution in [0.4, 0.5) is 5.69 Å². The fourth-order valence-corrected chi connectivity index (χ4v) is 1.39. The van der Waals surface area contributed by atoms with E-state index in [0.29, 0.717) is 19.6 Å². The number of benzene rings is 1. The smallest absolute Gasteiger partial charge is 0.241 e. The molecule has 0 bridgehead atoms. The van der Waals surface area contributed by atoms with Crippen LogP contribution in [0.15, 0.2) is 24.3 Å². The zero-order valence-electron chi connectivity index (χ0n) is 10.4. The van der Waals surface area contributed by atoms with E-state index in [1.807, 2.05) is 38.1 Å². The van der Waals surface area contributed by atoms with Crippen molar-refractivity contribution >= 4 is 11.6 Å². The van der Waals surface area contributed by atoms with Gasteiger partial charge in [-0.1, -0.05) is 25.1 Å². The molecule has 0 radical (unpaired) electrons. The first-order chi connectivity index (χ1) is 8.19. The summed E-state index contributed by atoms with van der Waals surface area (Å²) in [6.45, 7) is 4.97. The molecule has 0 aliphatic rings. The van der Waals surface area contributed by atoms with Gasteiger partial charge >= 0.3 is 0 Å². The van der Waals surface area contributed by atoms with Crippen molar-refractivity contribution in [1.82, 2.24) is 0 Å². The molecule has 1 amide bonds. The number of anilines is 1. The van der Waals surface area contributed by atoms with Gasteiger partial charge in [0.25, 0.3) is 0 Å². The lowest BCUT2D eigenvalue weighted by atomic mass is 10.1. The molecule has 1 unspecified atom stereocenters. The standard InChI is InChI=1S/C13H20N2O2/c1-3-11(14)13(16)15-12-8-6-5-7-10(12)9-17-4-2/h5-8,11H,3-4,9,14H2,1-2H3,(H,15,16). The van der Waals surface area contributed by atoms with Gasteiger partial charge < -0.3 is 15.8 Å². The van der Waals surface area contributed by atoms with Crippen molar-refractivity contribution in [2.24, 2.45) is 5.73 Å². The topological polar surface area (TPSA) is 64.3 Å². The van der Waals surface area contributed by atoms with Gasteiger partial charge in [-0.15, -0.1) is 0 Å². The third-order valence-electron chi connectivity index (χ3n) is 2.51.